The second-order valence-electron chi connectivity index (χ2n) is 5.79. The van der Waals surface area contributed by atoms with Crippen LogP contribution in [0.2, 0.25) is 0 Å². The summed E-state index contributed by atoms with van der Waals surface area (Å²) in [5, 5.41) is 3.20. The molecule has 2 rings (SSSR count). The molecule has 5 nitrogen and oxygen atoms in total. The Morgan fingerprint density at radius 1 is 1.28 bits per heavy atom. The molecule has 140 valence electrons. The highest BCUT2D eigenvalue weighted by molar-refractivity contribution is 14.0. The third kappa shape index (κ3) is 6.41. The van der Waals surface area contributed by atoms with E-state index >= 15 is 0 Å². The first-order chi connectivity index (χ1) is 11.5. The Morgan fingerprint density at radius 2 is 1.88 bits per heavy atom. The van der Waals surface area contributed by atoms with Gasteiger partial charge >= 0.3 is 5.97 Å². The normalized spacial score (nSPS) is 15.5. The maximum atomic E-state index is 13.2. The number of guanidine groups is 1. The van der Waals surface area contributed by atoms with E-state index in [2.05, 4.69) is 15.2 Å². The first kappa shape index (κ1) is 21.6. The lowest BCUT2D eigenvalue weighted by Gasteiger charge is -2.33. The van der Waals surface area contributed by atoms with Crippen molar-refractivity contribution in [1.82, 2.24) is 10.2 Å². The van der Waals surface area contributed by atoms with Crippen LogP contribution in [0.3, 0.4) is 0 Å². The molecule has 25 heavy (non-hydrogen) atoms. The van der Waals surface area contributed by atoms with Crippen LogP contribution in [0.5, 0.6) is 0 Å². The largest absolute Gasteiger partial charge is 0.469 e. The van der Waals surface area contributed by atoms with Crippen molar-refractivity contribution in [1.29, 1.82) is 0 Å². The molecule has 0 bridgehead atoms. The topological polar surface area (TPSA) is 53.9 Å². The lowest BCUT2D eigenvalue weighted by atomic mass is 9.97. The van der Waals surface area contributed by atoms with E-state index in [0.717, 1.165) is 24.9 Å². The van der Waals surface area contributed by atoms with Crippen LogP contribution in [0.15, 0.2) is 23.2 Å². The molecule has 0 unspecified atom stereocenters. The zero-order valence-electron chi connectivity index (χ0n) is 14.4. The molecule has 0 aliphatic carbocycles. The number of aliphatic imine (C=N–C) groups is 1. The minimum Gasteiger partial charge on any atom is -0.469 e. The van der Waals surface area contributed by atoms with Gasteiger partial charge in [0.2, 0.25) is 0 Å². The third-order valence-corrected chi connectivity index (χ3v) is 4.16. The molecular weight excluding hydrogens is 443 g/mol. The maximum absolute atomic E-state index is 13.2. The van der Waals surface area contributed by atoms with E-state index in [-0.39, 0.29) is 35.9 Å². The molecule has 0 spiro atoms. The molecule has 1 aliphatic heterocycles. The fourth-order valence-corrected chi connectivity index (χ4v) is 2.90. The van der Waals surface area contributed by atoms with Crippen molar-refractivity contribution in [3.05, 3.63) is 35.4 Å². The Hall–Kier alpha value is -1.45. The van der Waals surface area contributed by atoms with Crippen molar-refractivity contribution in [2.45, 2.75) is 19.3 Å². The molecule has 0 aromatic heterocycles. The lowest BCUT2D eigenvalue weighted by molar-refractivity contribution is -0.146. The average Bonchev–Trinajstić information content (AvgIpc) is 2.57. The Morgan fingerprint density at radius 3 is 2.40 bits per heavy atom. The molecule has 0 atom stereocenters. The van der Waals surface area contributed by atoms with Gasteiger partial charge in [-0.15, -0.1) is 24.0 Å². The Balaban J connectivity index is 0.00000312. The van der Waals surface area contributed by atoms with Crippen molar-refractivity contribution in [2.75, 3.05) is 33.8 Å². The summed E-state index contributed by atoms with van der Waals surface area (Å²) in [6.45, 7) is 1.95. The van der Waals surface area contributed by atoms with Gasteiger partial charge in [-0.05, 0) is 37.0 Å². The van der Waals surface area contributed by atoms with Gasteiger partial charge in [-0.1, -0.05) is 0 Å². The van der Waals surface area contributed by atoms with E-state index in [9.17, 15) is 13.6 Å². The number of carbonyl (C=O) groups is 1. The number of halogens is 3. The van der Waals surface area contributed by atoms with Gasteiger partial charge in [0.25, 0.3) is 0 Å². The first-order valence-corrected chi connectivity index (χ1v) is 8.02. The Kier molecular flexibility index (Phi) is 9.09. The van der Waals surface area contributed by atoms with Gasteiger partial charge in [0.1, 0.15) is 11.6 Å². The summed E-state index contributed by atoms with van der Waals surface area (Å²) in [6, 6.07) is 3.52. The fourth-order valence-electron chi connectivity index (χ4n) is 2.90. The quantitative estimate of drug-likeness (QED) is 0.320. The number of ether oxygens (including phenoxy) is 1. The molecule has 1 aliphatic rings. The minimum absolute atomic E-state index is 0. The summed E-state index contributed by atoms with van der Waals surface area (Å²) < 4.78 is 31.1. The van der Waals surface area contributed by atoms with E-state index in [1.54, 1.807) is 7.05 Å². The molecule has 1 heterocycles. The molecule has 0 saturated carbocycles. The monoisotopic (exact) mass is 467 g/mol. The molecule has 1 saturated heterocycles. The number of esters is 1. The summed E-state index contributed by atoms with van der Waals surface area (Å²) in [7, 11) is 3.10. The van der Waals surface area contributed by atoms with Crippen LogP contribution in [0.4, 0.5) is 8.78 Å². The second-order valence-corrected chi connectivity index (χ2v) is 5.79. The molecule has 1 aromatic carbocycles. The molecule has 8 heteroatoms. The smallest absolute Gasteiger partial charge is 0.308 e. The van der Waals surface area contributed by atoms with E-state index in [1.807, 2.05) is 0 Å². The lowest BCUT2D eigenvalue weighted by Crippen LogP contribution is -2.47. The van der Waals surface area contributed by atoms with Crippen molar-refractivity contribution in [3.63, 3.8) is 0 Å². The summed E-state index contributed by atoms with van der Waals surface area (Å²) in [6.07, 6.45) is 1.94. The first-order valence-electron chi connectivity index (χ1n) is 8.02. The van der Waals surface area contributed by atoms with Crippen molar-refractivity contribution < 1.29 is 18.3 Å². The van der Waals surface area contributed by atoms with Gasteiger partial charge in [-0.2, -0.15) is 0 Å². The van der Waals surface area contributed by atoms with E-state index in [1.165, 1.54) is 19.2 Å². The molecule has 0 amide bonds. The van der Waals surface area contributed by atoms with E-state index < -0.39 is 11.6 Å². The highest BCUT2D eigenvalue weighted by Gasteiger charge is 2.26. The Bertz CT molecular complexity index is 585. The van der Waals surface area contributed by atoms with Gasteiger partial charge in [-0.25, -0.2) is 8.78 Å². The second kappa shape index (κ2) is 10.5. The van der Waals surface area contributed by atoms with Gasteiger partial charge < -0.3 is 15.0 Å². The predicted molar refractivity (Wildman–Crippen MR) is 103 cm³/mol. The zero-order chi connectivity index (χ0) is 17.5. The van der Waals surface area contributed by atoms with E-state index in [0.29, 0.717) is 31.6 Å². The number of benzene rings is 1. The number of likely N-dealkylation sites (tertiary alicyclic amines) is 1. The van der Waals surface area contributed by atoms with Gasteiger partial charge in [0.15, 0.2) is 5.96 Å². The number of hydrogen-bond acceptors (Lipinski definition) is 3. The number of piperidine rings is 1. The van der Waals surface area contributed by atoms with Crippen molar-refractivity contribution in [2.24, 2.45) is 10.9 Å². The summed E-state index contributed by atoms with van der Waals surface area (Å²) in [5.74, 6) is -0.626. The zero-order valence-corrected chi connectivity index (χ0v) is 16.8. The van der Waals surface area contributed by atoms with Crippen molar-refractivity contribution in [3.8, 4) is 0 Å². The third-order valence-electron chi connectivity index (χ3n) is 4.16. The number of nitrogens with zero attached hydrogens (tertiary/aromatic N) is 2. The maximum Gasteiger partial charge on any atom is 0.308 e. The summed E-state index contributed by atoms with van der Waals surface area (Å²) >= 11 is 0. The summed E-state index contributed by atoms with van der Waals surface area (Å²) in [4.78, 5) is 17.9. The van der Waals surface area contributed by atoms with Crippen LogP contribution < -0.4 is 5.32 Å². The number of nitrogens with one attached hydrogen (secondary N) is 1. The van der Waals surface area contributed by atoms with Crippen LogP contribution in [-0.4, -0.2) is 50.6 Å². The molecule has 0 radical (unpaired) electrons. The minimum atomic E-state index is -0.570. The highest BCUT2D eigenvalue weighted by Crippen LogP contribution is 2.18. The predicted octanol–water partition coefficient (Wildman–Crippen LogP) is 2.59. The average molecular weight is 467 g/mol. The molecule has 1 fully saturated rings. The molecule has 1 aromatic rings. The fraction of sp³-hybridized carbons (Fsp3) is 0.529. The van der Waals surface area contributed by atoms with Gasteiger partial charge in [0.05, 0.1) is 13.0 Å². The van der Waals surface area contributed by atoms with Crippen LogP contribution in [-0.2, 0) is 16.0 Å². The summed E-state index contributed by atoms with van der Waals surface area (Å²) in [5.41, 5.74) is 0.597. The number of methoxy groups -OCH3 is 1. The molecular formula is C17H24F2IN3O2. The Labute approximate surface area is 163 Å². The van der Waals surface area contributed by atoms with Gasteiger partial charge in [0, 0.05) is 32.7 Å². The van der Waals surface area contributed by atoms with E-state index in [4.69, 9.17) is 4.74 Å². The van der Waals surface area contributed by atoms with Crippen LogP contribution in [0, 0.1) is 17.6 Å². The number of hydrogen-bond donors (Lipinski definition) is 1. The van der Waals surface area contributed by atoms with Crippen LogP contribution >= 0.6 is 24.0 Å². The van der Waals surface area contributed by atoms with Gasteiger partial charge in [-0.3, -0.25) is 9.79 Å². The highest BCUT2D eigenvalue weighted by atomic mass is 127. The van der Waals surface area contributed by atoms with Crippen molar-refractivity contribution >= 4 is 35.9 Å². The number of carbonyl (C=O) groups excluding carboxylic acids is 1. The van der Waals surface area contributed by atoms with Crippen LogP contribution in [0.25, 0.3) is 0 Å². The number of rotatable bonds is 4. The van der Waals surface area contributed by atoms with Crippen LogP contribution in [0.1, 0.15) is 18.4 Å². The standard InChI is InChI=1S/C17H23F2N3O2.HI/c1-20-17(22-7-4-13(5-8-22)16(23)24-2)21-6-3-12-9-14(18)11-15(19)10-12;/h9-11,13H,3-8H2,1-2H3,(H,20,21);1H. The molecule has 1 N–H and O–H groups in total. The SMILES string of the molecule is CN=C(NCCc1cc(F)cc(F)c1)N1CCC(C(=O)OC)CC1.I.